The molecule has 4 nitrogen and oxygen atoms in total. The first kappa shape index (κ1) is 16.1. The van der Waals surface area contributed by atoms with E-state index in [-0.39, 0.29) is 5.75 Å². The lowest BCUT2D eigenvalue weighted by molar-refractivity contribution is 0.306. The van der Waals surface area contributed by atoms with E-state index >= 15 is 0 Å². The Morgan fingerprint density at radius 2 is 1.42 bits per heavy atom. The Kier molecular flexibility index (Phi) is 5.13. The first-order valence-corrected chi connectivity index (χ1v) is 8.44. The summed E-state index contributed by atoms with van der Waals surface area (Å²) in [5.41, 5.74) is 1.09. The predicted octanol–water partition coefficient (Wildman–Crippen LogP) is 4.07. The minimum absolute atomic E-state index is 0.121. The Hall–Kier alpha value is -2.79. The van der Waals surface area contributed by atoms with E-state index in [4.69, 9.17) is 8.92 Å². The molecular formula is C19H16O4S. The molecule has 0 spiro atoms. The summed E-state index contributed by atoms with van der Waals surface area (Å²) in [6.45, 7) is 0.487. The number of phenolic OH excluding ortho intramolecular Hbond substituents is 1. The highest BCUT2D eigenvalue weighted by Gasteiger charge is 2.07. The van der Waals surface area contributed by atoms with Crippen molar-refractivity contribution in [2.75, 3.05) is 0 Å². The van der Waals surface area contributed by atoms with Crippen molar-refractivity contribution in [3.8, 4) is 17.2 Å². The summed E-state index contributed by atoms with van der Waals surface area (Å²) in [6, 6.07) is 22.9. The minimum atomic E-state index is -1.63. The van der Waals surface area contributed by atoms with Gasteiger partial charge in [0.2, 0.25) is 11.1 Å². The molecule has 0 heterocycles. The third-order valence-electron chi connectivity index (χ3n) is 3.27. The normalized spacial score (nSPS) is 11.7. The van der Waals surface area contributed by atoms with Gasteiger partial charge in [-0.3, -0.25) is 0 Å². The van der Waals surface area contributed by atoms with Gasteiger partial charge in [0.05, 0.1) is 4.90 Å². The van der Waals surface area contributed by atoms with Crippen LogP contribution in [0, 0.1) is 0 Å². The van der Waals surface area contributed by atoms with Gasteiger partial charge >= 0.3 is 0 Å². The van der Waals surface area contributed by atoms with Crippen LogP contribution in [0.15, 0.2) is 83.8 Å². The fraction of sp³-hybridized carbons (Fsp3) is 0.0526. The molecule has 3 aromatic carbocycles. The van der Waals surface area contributed by atoms with Gasteiger partial charge in [0.1, 0.15) is 23.9 Å². The fourth-order valence-electron chi connectivity index (χ4n) is 2.03. The first-order chi connectivity index (χ1) is 11.7. The number of hydrogen-bond acceptors (Lipinski definition) is 4. The molecule has 0 fully saturated rings. The number of rotatable bonds is 6. The van der Waals surface area contributed by atoms with E-state index in [9.17, 15) is 9.32 Å². The van der Waals surface area contributed by atoms with E-state index in [0.29, 0.717) is 23.0 Å². The van der Waals surface area contributed by atoms with Gasteiger partial charge in [0.25, 0.3) is 0 Å². The Morgan fingerprint density at radius 1 is 0.792 bits per heavy atom. The Morgan fingerprint density at radius 3 is 2.08 bits per heavy atom. The van der Waals surface area contributed by atoms with Gasteiger partial charge < -0.3 is 14.0 Å². The molecule has 5 heteroatoms. The summed E-state index contributed by atoms with van der Waals surface area (Å²) >= 11 is -1.63. The molecular weight excluding hydrogens is 324 g/mol. The van der Waals surface area contributed by atoms with Crippen LogP contribution in [0.2, 0.25) is 0 Å². The molecule has 3 rings (SSSR count). The van der Waals surface area contributed by atoms with Crippen molar-refractivity contribution in [1.29, 1.82) is 0 Å². The van der Waals surface area contributed by atoms with E-state index in [0.717, 1.165) is 5.56 Å². The molecule has 0 saturated heterocycles. The van der Waals surface area contributed by atoms with Gasteiger partial charge in [-0.05, 0) is 54.1 Å². The van der Waals surface area contributed by atoms with E-state index in [1.54, 1.807) is 36.4 Å². The largest absolute Gasteiger partial charge is 0.508 e. The maximum Gasteiger partial charge on any atom is 0.240 e. The van der Waals surface area contributed by atoms with Gasteiger partial charge in [-0.2, -0.15) is 0 Å². The highest BCUT2D eigenvalue weighted by molar-refractivity contribution is 7.80. The quantitative estimate of drug-likeness (QED) is 0.735. The highest BCUT2D eigenvalue weighted by atomic mass is 32.2. The van der Waals surface area contributed by atoms with Gasteiger partial charge in [0, 0.05) is 0 Å². The van der Waals surface area contributed by atoms with Crippen molar-refractivity contribution >= 4 is 11.1 Å². The summed E-state index contributed by atoms with van der Waals surface area (Å²) in [7, 11) is 0. The number of benzene rings is 3. The summed E-state index contributed by atoms with van der Waals surface area (Å²) in [4.78, 5) is 0.484. The van der Waals surface area contributed by atoms with Gasteiger partial charge in [-0.15, -0.1) is 0 Å². The summed E-state index contributed by atoms with van der Waals surface area (Å²) in [6.07, 6.45) is 0. The van der Waals surface area contributed by atoms with Crippen molar-refractivity contribution < 1.29 is 18.2 Å². The zero-order chi connectivity index (χ0) is 16.8. The Labute approximate surface area is 143 Å². The SMILES string of the molecule is O=S(Oc1ccc(OCc2ccccc2)cc1)c1ccc(O)cc1. The monoisotopic (exact) mass is 340 g/mol. The van der Waals surface area contributed by atoms with Crippen molar-refractivity contribution in [2.24, 2.45) is 0 Å². The molecule has 0 aromatic heterocycles. The summed E-state index contributed by atoms with van der Waals surface area (Å²) in [5.74, 6) is 1.31. The maximum atomic E-state index is 12.1. The zero-order valence-electron chi connectivity index (χ0n) is 12.8. The zero-order valence-corrected chi connectivity index (χ0v) is 13.6. The summed E-state index contributed by atoms with van der Waals surface area (Å²) in [5, 5.41) is 9.24. The molecule has 0 bridgehead atoms. The lowest BCUT2D eigenvalue weighted by Crippen LogP contribution is -2.01. The lowest BCUT2D eigenvalue weighted by atomic mass is 10.2. The molecule has 0 amide bonds. The molecule has 1 N–H and O–H groups in total. The second-order valence-electron chi connectivity index (χ2n) is 5.06. The Bertz CT molecular complexity index is 799. The molecule has 0 saturated carbocycles. The minimum Gasteiger partial charge on any atom is -0.508 e. The van der Waals surface area contributed by atoms with Gasteiger partial charge in [-0.25, -0.2) is 4.21 Å². The van der Waals surface area contributed by atoms with Crippen LogP contribution in [0.25, 0.3) is 0 Å². The first-order valence-electron chi connectivity index (χ1n) is 7.36. The van der Waals surface area contributed by atoms with Crippen LogP contribution in [-0.4, -0.2) is 9.32 Å². The fourth-order valence-corrected chi connectivity index (χ4v) is 2.77. The van der Waals surface area contributed by atoms with E-state index in [2.05, 4.69) is 0 Å². The molecule has 1 unspecified atom stereocenters. The Balaban J connectivity index is 1.58. The standard InChI is InChI=1S/C19H16O4S/c20-16-6-12-19(13-7-16)24(21)23-18-10-8-17(9-11-18)22-14-15-4-2-1-3-5-15/h1-13,20H,14H2. The smallest absolute Gasteiger partial charge is 0.240 e. The van der Waals surface area contributed by atoms with Crippen LogP contribution in [0.3, 0.4) is 0 Å². The van der Waals surface area contributed by atoms with Crippen LogP contribution < -0.4 is 8.92 Å². The molecule has 3 aromatic rings. The van der Waals surface area contributed by atoms with E-state index in [1.807, 2.05) is 30.3 Å². The third kappa shape index (κ3) is 4.36. The van der Waals surface area contributed by atoms with E-state index < -0.39 is 11.1 Å². The highest BCUT2D eigenvalue weighted by Crippen LogP contribution is 2.21. The number of phenols is 1. The van der Waals surface area contributed by atoms with Crippen LogP contribution in [0.5, 0.6) is 17.2 Å². The number of hydrogen-bond donors (Lipinski definition) is 1. The topological polar surface area (TPSA) is 55.8 Å². The average Bonchev–Trinajstić information content (AvgIpc) is 2.62. The molecule has 0 aliphatic carbocycles. The van der Waals surface area contributed by atoms with Gasteiger partial charge in [-0.1, -0.05) is 30.3 Å². The number of ether oxygens (including phenoxy) is 1. The van der Waals surface area contributed by atoms with Gasteiger partial charge in [0.15, 0.2) is 0 Å². The number of aromatic hydroxyl groups is 1. The molecule has 0 radical (unpaired) electrons. The van der Waals surface area contributed by atoms with Crippen LogP contribution in [-0.2, 0) is 17.7 Å². The van der Waals surface area contributed by atoms with Crippen molar-refractivity contribution in [1.82, 2.24) is 0 Å². The third-order valence-corrected chi connectivity index (χ3v) is 4.27. The predicted molar refractivity (Wildman–Crippen MR) is 92.4 cm³/mol. The molecule has 0 aliphatic heterocycles. The second-order valence-corrected chi connectivity index (χ2v) is 6.17. The van der Waals surface area contributed by atoms with Crippen LogP contribution >= 0.6 is 0 Å². The molecule has 24 heavy (non-hydrogen) atoms. The molecule has 1 atom stereocenters. The van der Waals surface area contributed by atoms with Crippen molar-refractivity contribution in [3.63, 3.8) is 0 Å². The second kappa shape index (κ2) is 7.66. The average molecular weight is 340 g/mol. The molecule has 0 aliphatic rings. The molecule has 122 valence electrons. The van der Waals surface area contributed by atoms with Crippen molar-refractivity contribution in [2.45, 2.75) is 11.5 Å². The van der Waals surface area contributed by atoms with E-state index in [1.165, 1.54) is 12.1 Å². The lowest BCUT2D eigenvalue weighted by Gasteiger charge is -2.08. The van der Waals surface area contributed by atoms with Crippen LogP contribution in [0.4, 0.5) is 0 Å². The maximum absolute atomic E-state index is 12.1. The summed E-state index contributed by atoms with van der Waals surface area (Å²) < 4.78 is 23.2. The van der Waals surface area contributed by atoms with Crippen LogP contribution in [0.1, 0.15) is 5.56 Å². The van der Waals surface area contributed by atoms with Crippen molar-refractivity contribution in [3.05, 3.63) is 84.4 Å².